The van der Waals surface area contributed by atoms with Crippen LogP contribution in [0, 0.1) is 0 Å². The van der Waals surface area contributed by atoms with E-state index in [0.29, 0.717) is 22.7 Å². The summed E-state index contributed by atoms with van der Waals surface area (Å²) in [6.07, 6.45) is 3.69. The third-order valence-corrected chi connectivity index (χ3v) is 4.84. The van der Waals surface area contributed by atoms with Gasteiger partial charge in [-0.1, -0.05) is 6.42 Å². The second kappa shape index (κ2) is 8.68. The fourth-order valence-electron chi connectivity index (χ4n) is 3.19. The molecule has 0 unspecified atom stereocenters. The number of hydrogen-bond acceptors (Lipinski definition) is 5. The van der Waals surface area contributed by atoms with Gasteiger partial charge in [0.2, 0.25) is 0 Å². The first-order chi connectivity index (χ1) is 13.0. The van der Waals surface area contributed by atoms with Crippen molar-refractivity contribution in [3.63, 3.8) is 0 Å². The highest BCUT2D eigenvalue weighted by molar-refractivity contribution is 6.01. The summed E-state index contributed by atoms with van der Waals surface area (Å²) in [5, 5.41) is 14.4. The van der Waals surface area contributed by atoms with Gasteiger partial charge in [-0.3, -0.25) is 9.69 Å². The number of carbonyl (C=O) groups excluding carboxylic acids is 1. The summed E-state index contributed by atoms with van der Waals surface area (Å²) in [5.74, 6) is 0.00435. The van der Waals surface area contributed by atoms with Crippen molar-refractivity contribution in [1.29, 1.82) is 0 Å². The van der Waals surface area contributed by atoms with Gasteiger partial charge in [-0.05, 0) is 80.9 Å². The quantitative estimate of drug-likeness (QED) is 0.431. The van der Waals surface area contributed by atoms with Crippen molar-refractivity contribution in [2.24, 2.45) is 5.10 Å². The Morgan fingerprint density at radius 3 is 2.48 bits per heavy atom. The Labute approximate surface area is 159 Å². The zero-order chi connectivity index (χ0) is 19.2. The molecule has 1 aliphatic rings. The van der Waals surface area contributed by atoms with Crippen LogP contribution in [0.25, 0.3) is 0 Å². The molecule has 0 bridgehead atoms. The molecule has 2 aromatic rings. The normalized spacial score (nSPS) is 15.5. The van der Waals surface area contributed by atoms with Crippen LogP contribution in [0.1, 0.15) is 47.7 Å². The molecule has 6 nitrogen and oxygen atoms in total. The number of rotatable bonds is 5. The maximum atomic E-state index is 12.2. The van der Waals surface area contributed by atoms with E-state index in [4.69, 9.17) is 5.73 Å². The van der Waals surface area contributed by atoms with Gasteiger partial charge in [-0.15, -0.1) is 0 Å². The number of benzene rings is 2. The van der Waals surface area contributed by atoms with E-state index in [1.54, 1.807) is 30.3 Å². The van der Waals surface area contributed by atoms with Crippen LogP contribution < -0.4 is 11.2 Å². The molecule has 6 heteroatoms. The summed E-state index contributed by atoms with van der Waals surface area (Å²) >= 11 is 0. The molecule has 0 atom stereocenters. The molecule has 1 saturated heterocycles. The summed E-state index contributed by atoms with van der Waals surface area (Å²) in [4.78, 5) is 14.5. The molecule has 142 valence electrons. The molecule has 2 aromatic carbocycles. The van der Waals surface area contributed by atoms with Crippen LogP contribution in [-0.4, -0.2) is 34.7 Å². The number of nitrogens with zero attached hydrogens (tertiary/aromatic N) is 2. The predicted octanol–water partition coefficient (Wildman–Crippen LogP) is 3.11. The number of anilines is 1. The van der Waals surface area contributed by atoms with E-state index in [2.05, 4.69) is 15.4 Å². The molecular weight excluding hydrogens is 340 g/mol. The first-order valence-electron chi connectivity index (χ1n) is 9.28. The number of nitrogen functional groups attached to an aromatic ring is 1. The maximum Gasteiger partial charge on any atom is 0.271 e. The summed E-state index contributed by atoms with van der Waals surface area (Å²) in [5.41, 5.74) is 11.7. The molecule has 0 saturated carbocycles. The van der Waals surface area contributed by atoms with Crippen molar-refractivity contribution < 1.29 is 9.90 Å². The molecule has 27 heavy (non-hydrogen) atoms. The molecule has 1 aliphatic heterocycles. The number of aromatic hydroxyl groups is 1. The lowest BCUT2D eigenvalue weighted by Crippen LogP contribution is -2.29. The van der Waals surface area contributed by atoms with Crippen molar-refractivity contribution in [3.8, 4) is 5.75 Å². The van der Waals surface area contributed by atoms with E-state index >= 15 is 0 Å². The van der Waals surface area contributed by atoms with Crippen molar-refractivity contribution >= 4 is 17.3 Å². The second-order valence-electron chi connectivity index (χ2n) is 6.94. The van der Waals surface area contributed by atoms with E-state index in [1.807, 2.05) is 19.1 Å². The SMILES string of the molecule is C/C(=N\NC(=O)c1ccc(N)cc1)c1ccc(O)c(CN2CCCCC2)c1. The average Bonchev–Trinajstić information content (AvgIpc) is 2.69. The number of hydrazone groups is 1. The highest BCUT2D eigenvalue weighted by Crippen LogP contribution is 2.22. The van der Waals surface area contributed by atoms with Gasteiger partial charge in [0.1, 0.15) is 5.75 Å². The summed E-state index contributed by atoms with van der Waals surface area (Å²) < 4.78 is 0. The molecule has 1 heterocycles. The molecule has 3 rings (SSSR count). The predicted molar refractivity (Wildman–Crippen MR) is 108 cm³/mol. The lowest BCUT2D eigenvalue weighted by molar-refractivity contribution is 0.0955. The fraction of sp³-hybridized carbons (Fsp3) is 0.333. The summed E-state index contributed by atoms with van der Waals surface area (Å²) in [6, 6.07) is 12.1. The van der Waals surface area contributed by atoms with E-state index in [-0.39, 0.29) is 5.91 Å². The van der Waals surface area contributed by atoms with Crippen LogP contribution in [0.5, 0.6) is 5.75 Å². The minimum atomic E-state index is -0.290. The number of phenolic OH excluding ortho intramolecular Hbond substituents is 1. The number of nitrogens with two attached hydrogens (primary N) is 1. The van der Waals surface area contributed by atoms with E-state index < -0.39 is 0 Å². The van der Waals surface area contributed by atoms with E-state index in [1.165, 1.54) is 19.3 Å². The molecule has 0 aliphatic carbocycles. The van der Waals surface area contributed by atoms with Gasteiger partial charge >= 0.3 is 0 Å². The summed E-state index contributed by atoms with van der Waals surface area (Å²) in [6.45, 7) is 4.69. The molecular formula is C21H26N4O2. The highest BCUT2D eigenvalue weighted by Gasteiger charge is 2.13. The van der Waals surface area contributed by atoms with Crippen LogP contribution in [-0.2, 0) is 6.54 Å². The third kappa shape index (κ3) is 5.08. The number of phenols is 1. The molecule has 4 N–H and O–H groups in total. The highest BCUT2D eigenvalue weighted by atomic mass is 16.3. The zero-order valence-electron chi connectivity index (χ0n) is 15.6. The fourth-order valence-corrected chi connectivity index (χ4v) is 3.19. The number of carbonyl (C=O) groups is 1. The smallest absolute Gasteiger partial charge is 0.271 e. The van der Waals surface area contributed by atoms with E-state index in [9.17, 15) is 9.90 Å². The molecule has 0 spiro atoms. The zero-order valence-corrected chi connectivity index (χ0v) is 15.6. The summed E-state index contributed by atoms with van der Waals surface area (Å²) in [7, 11) is 0. The van der Waals surface area contributed by atoms with Gasteiger partial charge < -0.3 is 10.8 Å². The Hall–Kier alpha value is -2.86. The largest absolute Gasteiger partial charge is 0.508 e. The first kappa shape index (κ1) is 18.9. The lowest BCUT2D eigenvalue weighted by atomic mass is 10.0. The minimum Gasteiger partial charge on any atom is -0.508 e. The average molecular weight is 366 g/mol. The van der Waals surface area contributed by atoms with Crippen LogP contribution >= 0.6 is 0 Å². The maximum absolute atomic E-state index is 12.2. The van der Waals surface area contributed by atoms with Crippen LogP contribution in [0.15, 0.2) is 47.6 Å². The van der Waals surface area contributed by atoms with Gasteiger partial charge in [0, 0.05) is 23.4 Å². The molecule has 1 amide bonds. The Morgan fingerprint density at radius 2 is 1.78 bits per heavy atom. The van der Waals surface area contributed by atoms with Crippen molar-refractivity contribution in [1.82, 2.24) is 10.3 Å². The van der Waals surface area contributed by atoms with Crippen LogP contribution in [0.3, 0.4) is 0 Å². The Morgan fingerprint density at radius 1 is 1.11 bits per heavy atom. The third-order valence-electron chi connectivity index (χ3n) is 4.84. The Kier molecular flexibility index (Phi) is 6.08. The topological polar surface area (TPSA) is 91.0 Å². The minimum absolute atomic E-state index is 0.290. The van der Waals surface area contributed by atoms with Crippen molar-refractivity contribution in [2.45, 2.75) is 32.7 Å². The Balaban J connectivity index is 1.68. The van der Waals surface area contributed by atoms with Crippen molar-refractivity contribution in [3.05, 3.63) is 59.2 Å². The van der Waals surface area contributed by atoms with Crippen LogP contribution in [0.2, 0.25) is 0 Å². The first-order valence-corrected chi connectivity index (χ1v) is 9.28. The van der Waals surface area contributed by atoms with Gasteiger partial charge in [0.05, 0.1) is 5.71 Å². The Bertz CT molecular complexity index is 825. The van der Waals surface area contributed by atoms with E-state index in [0.717, 1.165) is 30.8 Å². The lowest BCUT2D eigenvalue weighted by Gasteiger charge is -2.26. The molecule has 0 aromatic heterocycles. The molecule has 1 fully saturated rings. The monoisotopic (exact) mass is 366 g/mol. The van der Waals surface area contributed by atoms with Crippen LogP contribution in [0.4, 0.5) is 5.69 Å². The van der Waals surface area contributed by atoms with Crippen molar-refractivity contribution in [2.75, 3.05) is 18.8 Å². The molecule has 0 radical (unpaired) electrons. The van der Waals surface area contributed by atoms with Gasteiger partial charge in [-0.2, -0.15) is 5.10 Å². The van der Waals surface area contributed by atoms with Gasteiger partial charge in [0.15, 0.2) is 0 Å². The second-order valence-corrected chi connectivity index (χ2v) is 6.94. The standard InChI is InChI=1S/C21H26N4O2/c1-15(23-24-21(27)16-5-8-19(22)9-6-16)17-7-10-20(26)18(13-17)14-25-11-3-2-4-12-25/h5-10,13,26H,2-4,11-12,14,22H2,1H3,(H,24,27)/b23-15+. The number of amides is 1. The number of piperidine rings is 1. The number of likely N-dealkylation sites (tertiary alicyclic amines) is 1. The van der Waals surface area contributed by atoms with Gasteiger partial charge in [0.25, 0.3) is 5.91 Å². The number of hydrogen-bond donors (Lipinski definition) is 3. The van der Waals surface area contributed by atoms with Gasteiger partial charge in [-0.25, -0.2) is 5.43 Å². The number of nitrogens with one attached hydrogen (secondary N) is 1.